The zero-order chi connectivity index (χ0) is 15.4. The molecule has 0 aliphatic rings. The first-order valence-electron chi connectivity index (χ1n) is 7.55. The Morgan fingerprint density at radius 1 is 0.810 bits per heavy atom. The Kier molecular flexibility index (Phi) is 5.13. The Balaban J connectivity index is 2.16. The molecule has 0 fully saturated rings. The number of hydrogen-bond donors (Lipinski definition) is 1. The summed E-state index contributed by atoms with van der Waals surface area (Å²) < 4.78 is 13.1. The van der Waals surface area contributed by atoms with Crippen molar-refractivity contribution < 1.29 is 4.39 Å². The first-order chi connectivity index (χ1) is 9.97. The number of halogens is 1. The van der Waals surface area contributed by atoms with Gasteiger partial charge in [-0.25, -0.2) is 4.39 Å². The molecule has 0 aliphatic heterocycles. The van der Waals surface area contributed by atoms with Gasteiger partial charge in [-0.2, -0.15) is 0 Å². The van der Waals surface area contributed by atoms with Gasteiger partial charge in [-0.3, -0.25) is 0 Å². The van der Waals surface area contributed by atoms with E-state index in [0.717, 1.165) is 5.56 Å². The Morgan fingerprint density at radius 3 is 1.86 bits per heavy atom. The van der Waals surface area contributed by atoms with E-state index in [1.54, 1.807) is 0 Å². The predicted molar refractivity (Wildman–Crippen MR) is 86.7 cm³/mol. The van der Waals surface area contributed by atoms with Gasteiger partial charge in [0.1, 0.15) is 5.82 Å². The molecular weight excluding hydrogens is 261 g/mol. The fraction of sp³-hybridized carbons (Fsp3) is 0.368. The van der Waals surface area contributed by atoms with Crippen LogP contribution in [-0.4, -0.2) is 0 Å². The lowest BCUT2D eigenvalue weighted by atomic mass is 9.94. The highest BCUT2D eigenvalue weighted by Gasteiger charge is 2.18. The van der Waals surface area contributed by atoms with Gasteiger partial charge in [-0.1, -0.05) is 55.8 Å². The molecule has 0 saturated carbocycles. The lowest BCUT2D eigenvalue weighted by molar-refractivity contribution is 0.374. The summed E-state index contributed by atoms with van der Waals surface area (Å²) in [5, 5.41) is 3.67. The summed E-state index contributed by atoms with van der Waals surface area (Å²) in [6.45, 7) is 8.63. The zero-order valence-corrected chi connectivity index (χ0v) is 13.2. The fourth-order valence-electron chi connectivity index (χ4n) is 2.56. The fourth-order valence-corrected chi connectivity index (χ4v) is 2.56. The highest BCUT2D eigenvalue weighted by molar-refractivity contribution is 5.25. The van der Waals surface area contributed by atoms with Crippen molar-refractivity contribution in [3.05, 3.63) is 71.0 Å². The smallest absolute Gasteiger partial charge is 0.123 e. The minimum Gasteiger partial charge on any atom is -0.303 e. The molecule has 1 nitrogen and oxygen atoms in total. The second-order valence-corrected chi connectivity index (χ2v) is 6.07. The maximum absolute atomic E-state index is 13.1. The van der Waals surface area contributed by atoms with E-state index in [1.807, 2.05) is 12.1 Å². The average Bonchev–Trinajstić information content (AvgIpc) is 2.46. The second kappa shape index (κ2) is 6.86. The molecule has 112 valence electrons. The van der Waals surface area contributed by atoms with Crippen LogP contribution in [0.15, 0.2) is 48.5 Å². The van der Waals surface area contributed by atoms with Gasteiger partial charge in [-0.15, -0.1) is 0 Å². The van der Waals surface area contributed by atoms with Crippen LogP contribution in [-0.2, 0) is 0 Å². The van der Waals surface area contributed by atoms with Crippen LogP contribution in [0.2, 0.25) is 0 Å². The van der Waals surface area contributed by atoms with E-state index in [9.17, 15) is 4.39 Å². The number of rotatable bonds is 5. The molecule has 2 heteroatoms. The lowest BCUT2D eigenvalue weighted by Gasteiger charge is -2.27. The van der Waals surface area contributed by atoms with Crippen molar-refractivity contribution in [2.24, 2.45) is 5.92 Å². The third-order valence-corrected chi connectivity index (χ3v) is 3.90. The normalized spacial score (nSPS) is 14.2. The van der Waals surface area contributed by atoms with E-state index in [2.05, 4.69) is 57.3 Å². The predicted octanol–water partition coefficient (Wildman–Crippen LogP) is 5.18. The van der Waals surface area contributed by atoms with E-state index in [0.29, 0.717) is 5.92 Å². The molecule has 1 N–H and O–H groups in total. The molecule has 0 saturated heterocycles. The minimum atomic E-state index is -0.187. The molecule has 0 spiro atoms. The van der Waals surface area contributed by atoms with Gasteiger partial charge in [-0.05, 0) is 43.0 Å². The van der Waals surface area contributed by atoms with Gasteiger partial charge in [0.25, 0.3) is 0 Å². The standard InChI is InChI=1S/C19H24FN/c1-13(2)19(17-9-11-18(20)12-10-17)21-15(4)16-7-5-14(3)6-8-16/h5-13,15,19,21H,1-4H3. The molecule has 2 aromatic rings. The molecule has 0 amide bonds. The van der Waals surface area contributed by atoms with Crippen molar-refractivity contribution >= 4 is 0 Å². The highest BCUT2D eigenvalue weighted by atomic mass is 19.1. The van der Waals surface area contributed by atoms with Crippen molar-refractivity contribution in [1.29, 1.82) is 0 Å². The summed E-state index contributed by atoms with van der Waals surface area (Å²) in [5.41, 5.74) is 3.67. The second-order valence-electron chi connectivity index (χ2n) is 6.07. The van der Waals surface area contributed by atoms with Crippen LogP contribution in [0.3, 0.4) is 0 Å². The van der Waals surface area contributed by atoms with E-state index in [4.69, 9.17) is 0 Å². The topological polar surface area (TPSA) is 12.0 Å². The van der Waals surface area contributed by atoms with Crippen molar-refractivity contribution in [1.82, 2.24) is 5.32 Å². The summed E-state index contributed by atoms with van der Waals surface area (Å²) in [6, 6.07) is 15.9. The van der Waals surface area contributed by atoms with Crippen molar-refractivity contribution in [3.8, 4) is 0 Å². The van der Waals surface area contributed by atoms with Crippen LogP contribution in [0, 0.1) is 18.7 Å². The third-order valence-electron chi connectivity index (χ3n) is 3.90. The largest absolute Gasteiger partial charge is 0.303 e. The number of hydrogen-bond acceptors (Lipinski definition) is 1. The monoisotopic (exact) mass is 285 g/mol. The third kappa shape index (κ3) is 4.15. The highest BCUT2D eigenvalue weighted by Crippen LogP contribution is 2.26. The van der Waals surface area contributed by atoms with Crippen LogP contribution < -0.4 is 5.32 Å². The number of nitrogens with one attached hydrogen (secondary N) is 1. The van der Waals surface area contributed by atoms with Gasteiger partial charge in [0.2, 0.25) is 0 Å². The molecule has 0 aliphatic carbocycles. The van der Waals surface area contributed by atoms with Crippen LogP contribution in [0.5, 0.6) is 0 Å². The Labute approximate surface area is 127 Å². The van der Waals surface area contributed by atoms with Gasteiger partial charge < -0.3 is 5.32 Å². The molecular formula is C19H24FN. The van der Waals surface area contributed by atoms with Crippen LogP contribution >= 0.6 is 0 Å². The molecule has 0 radical (unpaired) electrons. The summed E-state index contributed by atoms with van der Waals surface area (Å²) in [5.74, 6) is 0.246. The molecule has 0 heterocycles. The van der Waals surface area contributed by atoms with E-state index < -0.39 is 0 Å². The number of aryl methyl sites for hydroxylation is 1. The average molecular weight is 285 g/mol. The van der Waals surface area contributed by atoms with E-state index >= 15 is 0 Å². The summed E-state index contributed by atoms with van der Waals surface area (Å²) in [4.78, 5) is 0. The van der Waals surface area contributed by atoms with E-state index in [1.165, 1.54) is 23.3 Å². The molecule has 2 rings (SSSR count). The molecule has 21 heavy (non-hydrogen) atoms. The summed E-state index contributed by atoms with van der Waals surface area (Å²) in [7, 11) is 0. The molecule has 2 aromatic carbocycles. The first-order valence-corrected chi connectivity index (χ1v) is 7.55. The molecule has 0 bridgehead atoms. The lowest BCUT2D eigenvalue weighted by Crippen LogP contribution is -2.28. The van der Waals surface area contributed by atoms with Gasteiger partial charge in [0.05, 0.1) is 0 Å². The Morgan fingerprint density at radius 2 is 1.33 bits per heavy atom. The summed E-state index contributed by atoms with van der Waals surface area (Å²) >= 11 is 0. The van der Waals surface area contributed by atoms with Crippen molar-refractivity contribution in [2.75, 3.05) is 0 Å². The maximum Gasteiger partial charge on any atom is 0.123 e. The van der Waals surface area contributed by atoms with E-state index in [-0.39, 0.29) is 17.9 Å². The van der Waals surface area contributed by atoms with Gasteiger partial charge in [0.15, 0.2) is 0 Å². The van der Waals surface area contributed by atoms with Crippen LogP contribution in [0.1, 0.15) is 49.5 Å². The molecule has 0 aromatic heterocycles. The Bertz CT molecular complexity index is 557. The van der Waals surface area contributed by atoms with Crippen LogP contribution in [0.25, 0.3) is 0 Å². The van der Waals surface area contributed by atoms with Gasteiger partial charge >= 0.3 is 0 Å². The zero-order valence-electron chi connectivity index (χ0n) is 13.2. The SMILES string of the molecule is Cc1ccc(C(C)NC(c2ccc(F)cc2)C(C)C)cc1. The minimum absolute atomic E-state index is 0.187. The molecule has 2 unspecified atom stereocenters. The van der Waals surface area contributed by atoms with Crippen LogP contribution in [0.4, 0.5) is 4.39 Å². The van der Waals surface area contributed by atoms with Crippen molar-refractivity contribution in [2.45, 2.75) is 39.8 Å². The molecule has 2 atom stereocenters. The summed E-state index contributed by atoms with van der Waals surface area (Å²) in [6.07, 6.45) is 0. The maximum atomic E-state index is 13.1. The van der Waals surface area contributed by atoms with Gasteiger partial charge in [0, 0.05) is 12.1 Å². The van der Waals surface area contributed by atoms with Crippen molar-refractivity contribution in [3.63, 3.8) is 0 Å². The first kappa shape index (κ1) is 15.7. The number of benzene rings is 2. The Hall–Kier alpha value is -1.67. The quantitative estimate of drug-likeness (QED) is 0.798.